The zero-order chi connectivity index (χ0) is 31.8. The summed E-state index contributed by atoms with van der Waals surface area (Å²) in [5, 5.41) is 10.4. The van der Waals surface area contributed by atoms with Crippen LogP contribution in [0.5, 0.6) is 5.75 Å². The fourth-order valence-electron chi connectivity index (χ4n) is 5.65. The number of pyridine rings is 1. The van der Waals surface area contributed by atoms with Gasteiger partial charge in [-0.05, 0) is 36.1 Å². The lowest BCUT2D eigenvalue weighted by Crippen LogP contribution is -2.44. The Hall–Kier alpha value is -4.64. The predicted octanol–water partition coefficient (Wildman–Crippen LogP) is 5.50. The van der Waals surface area contributed by atoms with E-state index in [0.717, 1.165) is 39.1 Å². The third kappa shape index (κ3) is 5.80. The molecule has 4 aromatic rings. The van der Waals surface area contributed by atoms with Crippen LogP contribution < -0.4 is 10.1 Å². The highest BCUT2D eigenvalue weighted by Crippen LogP contribution is 2.47. The van der Waals surface area contributed by atoms with E-state index in [2.05, 4.69) is 17.6 Å². The number of rotatable bonds is 10. The summed E-state index contributed by atoms with van der Waals surface area (Å²) >= 11 is 1.41. The number of nitrogens with zero attached hydrogens (tertiary/aromatic N) is 4. The van der Waals surface area contributed by atoms with Crippen molar-refractivity contribution in [3.05, 3.63) is 76.6 Å². The van der Waals surface area contributed by atoms with Crippen molar-refractivity contribution in [1.82, 2.24) is 25.0 Å². The number of methoxy groups -OCH3 is 1. The number of amides is 2. The first-order valence-electron chi connectivity index (χ1n) is 14.4. The Labute approximate surface area is 262 Å². The second-order valence-corrected chi connectivity index (χ2v) is 11.9. The molecule has 0 fully saturated rings. The largest absolute Gasteiger partial charge is 0.490 e. The molecule has 0 spiro atoms. The monoisotopic (exact) mass is 631 g/mol. The standard InChI is InChI=1S/C33H31F2N5O4S/c1-5-28(42)39-17-23-14-26(38-40(23)16-18(39)2)32-30(29-25(35)12-22(34)13-27(29)44-8-7-43-4)33-24(6-9-45-33)31(37-32)21-10-20(11-21)15-36-19(3)41/h5-6,9,12-14,18H,1,7-8,10,15-17H2,2-4H3,(H,36,41)/t18-/m1/s1. The number of halogens is 2. The fourth-order valence-corrected chi connectivity index (χ4v) is 6.60. The van der Waals surface area contributed by atoms with Gasteiger partial charge in [0.25, 0.3) is 0 Å². The van der Waals surface area contributed by atoms with Crippen LogP contribution in [-0.2, 0) is 27.4 Å². The number of benzene rings is 1. The summed E-state index contributed by atoms with van der Waals surface area (Å²) in [6.45, 7) is 8.51. The van der Waals surface area contributed by atoms with Gasteiger partial charge in [-0.2, -0.15) is 5.10 Å². The molecule has 2 amide bonds. The summed E-state index contributed by atoms with van der Waals surface area (Å²) in [4.78, 5) is 30.8. The van der Waals surface area contributed by atoms with Crippen molar-refractivity contribution in [2.45, 2.75) is 39.4 Å². The highest BCUT2D eigenvalue weighted by atomic mass is 32.1. The maximum absolute atomic E-state index is 15.9. The summed E-state index contributed by atoms with van der Waals surface area (Å²) in [6, 6.07) is 5.64. The van der Waals surface area contributed by atoms with Crippen molar-refractivity contribution in [3.8, 4) is 28.3 Å². The van der Waals surface area contributed by atoms with E-state index in [1.165, 1.54) is 31.4 Å². The maximum atomic E-state index is 15.9. The highest BCUT2D eigenvalue weighted by molar-refractivity contribution is 7.17. The number of hydrogen-bond donors (Lipinski definition) is 1. The molecule has 0 radical (unpaired) electrons. The first-order chi connectivity index (χ1) is 21.7. The zero-order valence-electron chi connectivity index (χ0n) is 25.1. The van der Waals surface area contributed by atoms with Crippen molar-refractivity contribution < 1.29 is 27.8 Å². The van der Waals surface area contributed by atoms with Crippen molar-refractivity contribution in [2.24, 2.45) is 0 Å². The Kier molecular flexibility index (Phi) is 8.37. The summed E-state index contributed by atoms with van der Waals surface area (Å²) in [5.41, 5.74) is 7.95. The van der Waals surface area contributed by atoms with Crippen LogP contribution in [0.15, 0.2) is 53.6 Å². The van der Waals surface area contributed by atoms with Crippen LogP contribution in [0.4, 0.5) is 8.78 Å². The van der Waals surface area contributed by atoms with E-state index in [-0.39, 0.29) is 42.4 Å². The summed E-state index contributed by atoms with van der Waals surface area (Å²) in [6.07, 6.45) is 1.87. The van der Waals surface area contributed by atoms with Crippen molar-refractivity contribution in [1.29, 1.82) is 0 Å². The van der Waals surface area contributed by atoms with E-state index in [1.807, 2.05) is 29.1 Å². The number of fused-ring (bicyclic) bond motifs is 2. The van der Waals surface area contributed by atoms with Crippen molar-refractivity contribution in [3.63, 3.8) is 0 Å². The highest BCUT2D eigenvalue weighted by Gasteiger charge is 2.31. The maximum Gasteiger partial charge on any atom is 0.246 e. The normalized spacial score (nSPS) is 15.7. The smallest absolute Gasteiger partial charge is 0.246 e. The lowest BCUT2D eigenvalue weighted by Gasteiger charge is -2.33. The molecule has 1 N–H and O–H groups in total. The molecule has 3 aromatic heterocycles. The van der Waals surface area contributed by atoms with Gasteiger partial charge < -0.3 is 19.7 Å². The summed E-state index contributed by atoms with van der Waals surface area (Å²) in [7, 11) is 1.52. The van der Waals surface area contributed by atoms with Gasteiger partial charge in [-0.25, -0.2) is 13.8 Å². The van der Waals surface area contributed by atoms with Gasteiger partial charge in [0.2, 0.25) is 11.8 Å². The van der Waals surface area contributed by atoms with Crippen LogP contribution >= 0.6 is 11.3 Å². The van der Waals surface area contributed by atoms with Gasteiger partial charge in [0.1, 0.15) is 35.4 Å². The van der Waals surface area contributed by atoms with Gasteiger partial charge in [-0.15, -0.1) is 17.1 Å². The third-order valence-electron chi connectivity index (χ3n) is 7.84. The Morgan fingerprint density at radius 3 is 2.76 bits per heavy atom. The Bertz CT molecular complexity index is 1920. The van der Waals surface area contributed by atoms with Crippen LogP contribution in [0, 0.1) is 11.6 Å². The van der Waals surface area contributed by atoms with E-state index in [1.54, 1.807) is 4.90 Å². The van der Waals surface area contributed by atoms with E-state index in [0.29, 0.717) is 48.7 Å². The molecule has 1 aromatic carbocycles. The molecular weight excluding hydrogens is 600 g/mol. The lowest BCUT2D eigenvalue weighted by atomic mass is 9.90. The van der Waals surface area contributed by atoms with Crippen LogP contribution in [-0.4, -0.2) is 64.4 Å². The molecule has 6 rings (SSSR count). The molecule has 45 heavy (non-hydrogen) atoms. The molecular formula is C33H31F2N5O4S. The van der Waals surface area contributed by atoms with Crippen LogP contribution in [0.2, 0.25) is 0 Å². The van der Waals surface area contributed by atoms with E-state index in [4.69, 9.17) is 19.6 Å². The lowest BCUT2D eigenvalue weighted by molar-refractivity contribution is -0.129. The molecule has 1 aliphatic heterocycles. The van der Waals surface area contributed by atoms with E-state index in [9.17, 15) is 14.0 Å². The number of nitrogens with one attached hydrogen (secondary N) is 1. The van der Waals surface area contributed by atoms with Crippen molar-refractivity contribution >= 4 is 38.8 Å². The number of aromatic nitrogens is 3. The second-order valence-electron chi connectivity index (χ2n) is 11.0. The molecule has 1 atom stereocenters. The Balaban J connectivity index is 1.57. The van der Waals surface area contributed by atoms with Crippen LogP contribution in [0.3, 0.4) is 0 Å². The third-order valence-corrected chi connectivity index (χ3v) is 8.77. The summed E-state index contributed by atoms with van der Waals surface area (Å²) < 4.78 is 44.0. The predicted molar refractivity (Wildman–Crippen MR) is 168 cm³/mol. The number of thiophene rings is 1. The summed E-state index contributed by atoms with van der Waals surface area (Å²) in [5.74, 6) is -1.85. The van der Waals surface area contributed by atoms with Gasteiger partial charge in [-0.1, -0.05) is 6.58 Å². The molecule has 4 heterocycles. The number of ether oxygens (including phenoxy) is 2. The zero-order valence-corrected chi connectivity index (χ0v) is 25.9. The molecule has 232 valence electrons. The Morgan fingerprint density at radius 2 is 2.02 bits per heavy atom. The van der Waals surface area contributed by atoms with E-state index >= 15 is 4.39 Å². The van der Waals surface area contributed by atoms with Gasteiger partial charge in [0.05, 0.1) is 36.6 Å². The molecule has 9 nitrogen and oxygen atoms in total. The Morgan fingerprint density at radius 1 is 1.22 bits per heavy atom. The molecule has 1 aliphatic carbocycles. The quantitative estimate of drug-likeness (QED) is 0.141. The molecule has 0 saturated heterocycles. The minimum atomic E-state index is -0.798. The second kappa shape index (κ2) is 12.4. The topological polar surface area (TPSA) is 98.6 Å². The van der Waals surface area contributed by atoms with Gasteiger partial charge in [0, 0.05) is 66.4 Å². The minimum Gasteiger partial charge on any atom is -0.490 e. The fraction of sp³-hybridized carbons (Fsp3) is 0.303. The minimum absolute atomic E-state index is 0.0238. The average Bonchev–Trinajstić information content (AvgIpc) is 3.63. The average molecular weight is 632 g/mol. The van der Waals surface area contributed by atoms with Crippen molar-refractivity contribution in [2.75, 3.05) is 26.9 Å². The number of hydrogen-bond acceptors (Lipinski definition) is 7. The molecule has 0 saturated carbocycles. The van der Waals surface area contributed by atoms with Gasteiger partial charge in [-0.3, -0.25) is 14.3 Å². The SMILES string of the molecule is C=CC(=O)N1Cc2cc(-c3nc(C4=C=C(CNC(C)=O)C4)c4ccsc4c3-c3c(F)cc(F)cc3OCCOC)nn2C[C@H]1C. The first kappa shape index (κ1) is 30.4. The molecule has 0 bridgehead atoms. The van der Waals surface area contributed by atoms with Crippen LogP contribution in [0.1, 0.15) is 31.7 Å². The molecule has 0 unspecified atom stereocenters. The molecule has 2 aliphatic rings. The van der Waals surface area contributed by atoms with Gasteiger partial charge >= 0.3 is 0 Å². The van der Waals surface area contributed by atoms with Crippen LogP contribution in [0.25, 0.3) is 38.2 Å². The van der Waals surface area contributed by atoms with Gasteiger partial charge in [0.15, 0.2) is 0 Å². The first-order valence-corrected chi connectivity index (χ1v) is 15.3. The van der Waals surface area contributed by atoms with E-state index < -0.39 is 11.6 Å². The number of carbonyl (C=O) groups excluding carboxylic acids is 2. The molecule has 12 heteroatoms. The number of carbonyl (C=O) groups is 2.